The van der Waals surface area contributed by atoms with Gasteiger partial charge >= 0.3 is 0 Å². The Hall–Kier alpha value is -0.0600. The van der Waals surface area contributed by atoms with Crippen LogP contribution in [0.3, 0.4) is 0 Å². The van der Waals surface area contributed by atoms with E-state index in [2.05, 4.69) is 55.4 Å². The lowest BCUT2D eigenvalue weighted by Crippen LogP contribution is -2.27. The summed E-state index contributed by atoms with van der Waals surface area (Å²) in [5.74, 6) is 0. The van der Waals surface area contributed by atoms with Crippen LogP contribution in [0, 0.1) is 0 Å². The maximum Gasteiger partial charge on any atom is 0.0756 e. The van der Waals surface area contributed by atoms with E-state index in [1.54, 1.807) is 0 Å². The van der Waals surface area contributed by atoms with Gasteiger partial charge in [0.1, 0.15) is 0 Å². The normalized spacial score (nSPS) is 25.1. The number of hydrogen-bond acceptors (Lipinski definition) is 2. The summed E-state index contributed by atoms with van der Waals surface area (Å²) in [6.07, 6.45) is 8.05. The largest absolute Gasteiger partial charge is 0.382 e. The first-order chi connectivity index (χ1) is 9.17. The summed E-state index contributed by atoms with van der Waals surface area (Å²) in [4.78, 5) is 0. The summed E-state index contributed by atoms with van der Waals surface area (Å²) < 4.78 is 8.49. The van der Waals surface area contributed by atoms with Crippen molar-refractivity contribution < 1.29 is 4.74 Å². The Bertz CT molecular complexity index is 457. The van der Waals surface area contributed by atoms with Gasteiger partial charge in [-0.05, 0) is 59.8 Å². The van der Waals surface area contributed by atoms with Crippen molar-refractivity contribution in [3.05, 3.63) is 27.1 Å². The lowest BCUT2D eigenvalue weighted by Gasteiger charge is -2.24. The molecule has 1 aromatic carbocycles. The van der Waals surface area contributed by atoms with E-state index in [-0.39, 0.29) is 5.60 Å². The molecule has 2 fully saturated rings. The van der Waals surface area contributed by atoms with E-state index in [9.17, 15) is 0 Å². The predicted octanol–water partition coefficient (Wildman–Crippen LogP) is 5.12. The zero-order valence-electron chi connectivity index (χ0n) is 10.9. The molecule has 1 saturated carbocycles. The molecule has 0 radical (unpaired) electrons. The number of benzene rings is 1. The highest BCUT2D eigenvalue weighted by molar-refractivity contribution is 9.11. The van der Waals surface area contributed by atoms with E-state index in [1.807, 2.05) is 0 Å². The Morgan fingerprint density at radius 2 is 2.00 bits per heavy atom. The van der Waals surface area contributed by atoms with Crippen molar-refractivity contribution in [1.29, 1.82) is 0 Å². The van der Waals surface area contributed by atoms with Crippen LogP contribution in [0.4, 0.5) is 5.69 Å². The summed E-state index contributed by atoms with van der Waals surface area (Å²) in [5, 5.41) is 3.50. The van der Waals surface area contributed by atoms with E-state index in [1.165, 1.54) is 38.5 Å². The molecule has 19 heavy (non-hydrogen) atoms. The highest BCUT2D eigenvalue weighted by Crippen LogP contribution is 2.43. The molecule has 1 saturated heterocycles. The molecular weight excluding hydrogens is 370 g/mol. The second kappa shape index (κ2) is 5.74. The van der Waals surface area contributed by atoms with Crippen molar-refractivity contribution in [2.24, 2.45) is 0 Å². The lowest BCUT2D eigenvalue weighted by atomic mass is 9.98. The fourth-order valence-electron chi connectivity index (χ4n) is 3.28. The van der Waals surface area contributed by atoms with E-state index < -0.39 is 0 Å². The molecule has 104 valence electrons. The van der Waals surface area contributed by atoms with Crippen LogP contribution in [0.25, 0.3) is 0 Å². The molecule has 3 rings (SSSR count). The van der Waals surface area contributed by atoms with Crippen LogP contribution in [0.2, 0.25) is 0 Å². The van der Waals surface area contributed by atoms with Crippen molar-refractivity contribution in [1.82, 2.24) is 0 Å². The zero-order valence-corrected chi connectivity index (χ0v) is 14.1. The average Bonchev–Trinajstić information content (AvgIpc) is 2.99. The summed E-state index contributed by atoms with van der Waals surface area (Å²) in [5.41, 5.74) is 1.38. The zero-order chi connectivity index (χ0) is 13.3. The van der Waals surface area contributed by atoms with Crippen LogP contribution < -0.4 is 5.32 Å². The molecule has 1 aromatic rings. The topological polar surface area (TPSA) is 21.3 Å². The van der Waals surface area contributed by atoms with Crippen LogP contribution in [-0.2, 0) is 4.74 Å². The van der Waals surface area contributed by atoms with E-state index >= 15 is 0 Å². The molecule has 1 unspecified atom stereocenters. The average molecular weight is 389 g/mol. The molecule has 1 spiro atoms. The van der Waals surface area contributed by atoms with Crippen molar-refractivity contribution in [2.75, 3.05) is 11.9 Å². The summed E-state index contributed by atoms with van der Waals surface area (Å²) in [7, 11) is 0. The fraction of sp³-hybridized carbons (Fsp3) is 0.600. The summed E-state index contributed by atoms with van der Waals surface area (Å²) in [6.45, 7) is 0.905. The Kier molecular flexibility index (Phi) is 4.20. The molecule has 1 aliphatic carbocycles. The van der Waals surface area contributed by atoms with Crippen molar-refractivity contribution in [2.45, 2.75) is 50.2 Å². The van der Waals surface area contributed by atoms with Gasteiger partial charge in [-0.1, -0.05) is 28.8 Å². The Labute approximate surface area is 131 Å². The molecule has 0 bridgehead atoms. The van der Waals surface area contributed by atoms with Crippen LogP contribution in [-0.4, -0.2) is 18.2 Å². The number of hydrogen-bond donors (Lipinski definition) is 1. The highest BCUT2D eigenvalue weighted by atomic mass is 79.9. The van der Waals surface area contributed by atoms with Gasteiger partial charge in [-0.15, -0.1) is 0 Å². The highest BCUT2D eigenvalue weighted by Gasteiger charge is 2.41. The summed E-state index contributed by atoms with van der Waals surface area (Å²) >= 11 is 7.05. The van der Waals surface area contributed by atoms with Gasteiger partial charge in [0.25, 0.3) is 0 Å². The molecule has 1 atom stereocenters. The minimum atomic E-state index is 0.239. The molecule has 1 heterocycles. The standard InChI is InChI=1S/C15H19Br2NO/c16-11-3-4-14(13(17)9-11)18-10-12-5-8-15(19-12)6-1-2-7-15/h3-4,9,12,18H,1-2,5-8,10H2. The van der Waals surface area contributed by atoms with Gasteiger partial charge in [0.05, 0.1) is 11.7 Å². The monoisotopic (exact) mass is 387 g/mol. The smallest absolute Gasteiger partial charge is 0.0756 e. The molecule has 1 N–H and O–H groups in total. The second-order valence-electron chi connectivity index (χ2n) is 5.67. The number of ether oxygens (including phenoxy) is 1. The number of anilines is 1. The first kappa shape index (κ1) is 13.9. The minimum absolute atomic E-state index is 0.239. The molecule has 4 heteroatoms. The van der Waals surface area contributed by atoms with Crippen LogP contribution >= 0.6 is 31.9 Å². The third-order valence-electron chi connectivity index (χ3n) is 4.30. The lowest BCUT2D eigenvalue weighted by molar-refractivity contribution is -0.0307. The van der Waals surface area contributed by atoms with E-state index in [4.69, 9.17) is 4.74 Å². The van der Waals surface area contributed by atoms with Crippen molar-refractivity contribution in [3.8, 4) is 0 Å². The second-order valence-corrected chi connectivity index (χ2v) is 7.44. The van der Waals surface area contributed by atoms with Gasteiger partial charge in [0, 0.05) is 21.2 Å². The molecule has 2 aliphatic rings. The summed E-state index contributed by atoms with van der Waals surface area (Å²) in [6, 6.07) is 6.21. The maximum absolute atomic E-state index is 6.31. The molecule has 0 aromatic heterocycles. The molecule has 2 nitrogen and oxygen atoms in total. The fourth-order valence-corrected chi connectivity index (χ4v) is 4.47. The van der Waals surface area contributed by atoms with Gasteiger partial charge in [-0.25, -0.2) is 0 Å². The van der Waals surface area contributed by atoms with E-state index in [0.717, 1.165) is 21.2 Å². The van der Waals surface area contributed by atoms with Gasteiger partial charge in [0.15, 0.2) is 0 Å². The number of halogens is 2. The Morgan fingerprint density at radius 3 is 2.74 bits per heavy atom. The van der Waals surface area contributed by atoms with E-state index in [0.29, 0.717) is 6.10 Å². The predicted molar refractivity (Wildman–Crippen MR) is 85.6 cm³/mol. The van der Waals surface area contributed by atoms with Crippen molar-refractivity contribution in [3.63, 3.8) is 0 Å². The third-order valence-corrected chi connectivity index (χ3v) is 5.45. The Balaban J connectivity index is 1.55. The first-order valence-electron chi connectivity index (χ1n) is 7.04. The minimum Gasteiger partial charge on any atom is -0.382 e. The maximum atomic E-state index is 6.31. The molecular formula is C15H19Br2NO. The van der Waals surface area contributed by atoms with Crippen molar-refractivity contribution >= 4 is 37.5 Å². The SMILES string of the molecule is Brc1ccc(NCC2CCC3(CCCC3)O2)c(Br)c1. The van der Waals surface area contributed by atoms with Gasteiger partial charge < -0.3 is 10.1 Å². The van der Waals surface area contributed by atoms with Crippen LogP contribution in [0.15, 0.2) is 27.1 Å². The number of nitrogens with one attached hydrogen (secondary N) is 1. The molecule has 0 amide bonds. The van der Waals surface area contributed by atoms with Gasteiger partial charge in [0.2, 0.25) is 0 Å². The first-order valence-corrected chi connectivity index (χ1v) is 8.62. The third kappa shape index (κ3) is 3.17. The number of rotatable bonds is 3. The Morgan fingerprint density at radius 1 is 1.21 bits per heavy atom. The van der Waals surface area contributed by atoms with Crippen LogP contribution in [0.1, 0.15) is 38.5 Å². The molecule has 1 aliphatic heterocycles. The van der Waals surface area contributed by atoms with Crippen LogP contribution in [0.5, 0.6) is 0 Å². The van der Waals surface area contributed by atoms with Gasteiger partial charge in [-0.3, -0.25) is 0 Å². The quantitative estimate of drug-likeness (QED) is 0.776. The van der Waals surface area contributed by atoms with Gasteiger partial charge in [-0.2, -0.15) is 0 Å².